The van der Waals surface area contributed by atoms with Crippen LogP contribution in [0.25, 0.3) is 0 Å². The van der Waals surface area contributed by atoms with Gasteiger partial charge >= 0.3 is 0 Å². The molecule has 0 aliphatic rings. The Labute approximate surface area is 162 Å². The summed E-state index contributed by atoms with van der Waals surface area (Å²) in [5, 5.41) is 8.44. The normalized spacial score (nSPS) is 10.0. The van der Waals surface area contributed by atoms with E-state index in [4.69, 9.17) is 16.3 Å². The molecule has 8 heteroatoms. The fourth-order valence-corrected chi connectivity index (χ4v) is 2.45. The zero-order valence-electron chi connectivity index (χ0n) is 15.0. The molecule has 0 atom stereocenters. The van der Waals surface area contributed by atoms with Crippen LogP contribution in [-0.4, -0.2) is 37.9 Å². The maximum atomic E-state index is 12.4. The van der Waals surface area contributed by atoms with E-state index in [0.717, 1.165) is 0 Å². The lowest BCUT2D eigenvalue weighted by molar-refractivity contribution is -0.118. The summed E-state index contributed by atoms with van der Waals surface area (Å²) in [7, 11) is 1.47. The Balaban J connectivity index is 1.97. The van der Waals surface area contributed by atoms with Crippen molar-refractivity contribution < 1.29 is 19.1 Å². The van der Waals surface area contributed by atoms with Crippen LogP contribution >= 0.6 is 11.6 Å². The number of carbonyl (C=O) groups is 3. The van der Waals surface area contributed by atoms with Crippen molar-refractivity contribution in [3.05, 3.63) is 58.6 Å². The SMILES string of the molecule is COc1ccc(Cl)cc1C(=O)Nc1ccc(C(=O)NCCNC(C)=O)cc1. The molecule has 27 heavy (non-hydrogen) atoms. The Kier molecular flexibility index (Phi) is 7.19. The molecule has 2 rings (SSSR count). The Hall–Kier alpha value is -3.06. The summed E-state index contributed by atoms with van der Waals surface area (Å²) in [4.78, 5) is 35.2. The number of anilines is 1. The molecule has 0 spiro atoms. The van der Waals surface area contributed by atoms with Gasteiger partial charge in [0.2, 0.25) is 5.91 Å². The first-order valence-corrected chi connectivity index (χ1v) is 8.56. The minimum Gasteiger partial charge on any atom is -0.496 e. The van der Waals surface area contributed by atoms with Gasteiger partial charge in [0.1, 0.15) is 5.75 Å². The van der Waals surface area contributed by atoms with Crippen LogP contribution in [0.15, 0.2) is 42.5 Å². The van der Waals surface area contributed by atoms with Gasteiger partial charge in [0.25, 0.3) is 11.8 Å². The number of methoxy groups -OCH3 is 1. The van der Waals surface area contributed by atoms with Gasteiger partial charge in [0, 0.05) is 36.3 Å². The van der Waals surface area contributed by atoms with E-state index in [1.54, 1.807) is 36.4 Å². The first kappa shape index (κ1) is 20.3. The number of benzene rings is 2. The summed E-state index contributed by atoms with van der Waals surface area (Å²) in [6, 6.07) is 11.2. The first-order valence-electron chi connectivity index (χ1n) is 8.18. The van der Waals surface area contributed by atoms with Gasteiger partial charge in [-0.15, -0.1) is 0 Å². The highest BCUT2D eigenvalue weighted by molar-refractivity contribution is 6.31. The molecule has 3 N–H and O–H groups in total. The minimum absolute atomic E-state index is 0.152. The van der Waals surface area contributed by atoms with E-state index in [9.17, 15) is 14.4 Å². The lowest BCUT2D eigenvalue weighted by atomic mass is 10.1. The smallest absolute Gasteiger partial charge is 0.259 e. The highest BCUT2D eigenvalue weighted by Gasteiger charge is 2.13. The lowest BCUT2D eigenvalue weighted by Crippen LogP contribution is -2.33. The summed E-state index contributed by atoms with van der Waals surface area (Å²) >= 11 is 5.94. The molecule has 0 saturated carbocycles. The van der Waals surface area contributed by atoms with Crippen molar-refractivity contribution in [3.8, 4) is 5.75 Å². The van der Waals surface area contributed by atoms with Crippen molar-refractivity contribution in [1.29, 1.82) is 0 Å². The van der Waals surface area contributed by atoms with Crippen LogP contribution in [0.2, 0.25) is 5.02 Å². The quantitative estimate of drug-likeness (QED) is 0.634. The average Bonchev–Trinajstić information content (AvgIpc) is 2.65. The maximum absolute atomic E-state index is 12.4. The Morgan fingerprint density at radius 3 is 2.26 bits per heavy atom. The summed E-state index contributed by atoms with van der Waals surface area (Å²) in [5.41, 5.74) is 1.28. The zero-order valence-corrected chi connectivity index (χ0v) is 15.7. The van der Waals surface area contributed by atoms with Crippen molar-refractivity contribution in [3.63, 3.8) is 0 Å². The van der Waals surface area contributed by atoms with E-state index in [1.165, 1.54) is 20.1 Å². The van der Waals surface area contributed by atoms with E-state index >= 15 is 0 Å². The number of ether oxygens (including phenoxy) is 1. The van der Waals surface area contributed by atoms with Gasteiger partial charge < -0.3 is 20.7 Å². The topological polar surface area (TPSA) is 96.5 Å². The van der Waals surface area contributed by atoms with Gasteiger partial charge in [0.05, 0.1) is 12.7 Å². The van der Waals surface area contributed by atoms with Crippen molar-refractivity contribution in [1.82, 2.24) is 10.6 Å². The number of rotatable bonds is 7. The molecule has 142 valence electrons. The second-order valence-electron chi connectivity index (χ2n) is 5.61. The molecule has 2 aromatic rings. The lowest BCUT2D eigenvalue weighted by Gasteiger charge is -2.10. The number of halogens is 1. The van der Waals surface area contributed by atoms with Crippen LogP contribution in [0.4, 0.5) is 5.69 Å². The van der Waals surface area contributed by atoms with Gasteiger partial charge in [-0.3, -0.25) is 14.4 Å². The fourth-order valence-electron chi connectivity index (χ4n) is 2.28. The van der Waals surface area contributed by atoms with E-state index in [2.05, 4.69) is 16.0 Å². The van der Waals surface area contributed by atoms with Crippen molar-refractivity contribution in [2.24, 2.45) is 0 Å². The molecule has 0 fully saturated rings. The van der Waals surface area contributed by atoms with Crippen LogP contribution in [-0.2, 0) is 4.79 Å². The maximum Gasteiger partial charge on any atom is 0.259 e. The second-order valence-corrected chi connectivity index (χ2v) is 6.05. The molecule has 0 aromatic heterocycles. The van der Waals surface area contributed by atoms with Gasteiger partial charge in [-0.05, 0) is 42.5 Å². The molecule has 7 nitrogen and oxygen atoms in total. The third-order valence-corrected chi connectivity index (χ3v) is 3.83. The monoisotopic (exact) mass is 389 g/mol. The number of hydrogen-bond donors (Lipinski definition) is 3. The van der Waals surface area contributed by atoms with Crippen molar-refractivity contribution >= 4 is 35.0 Å². The van der Waals surface area contributed by atoms with Crippen molar-refractivity contribution in [2.45, 2.75) is 6.92 Å². The molecule has 2 aromatic carbocycles. The molecule has 3 amide bonds. The third-order valence-electron chi connectivity index (χ3n) is 3.60. The zero-order chi connectivity index (χ0) is 19.8. The largest absolute Gasteiger partial charge is 0.496 e. The van der Waals surface area contributed by atoms with E-state index in [1.807, 2.05) is 0 Å². The molecular weight excluding hydrogens is 370 g/mol. The van der Waals surface area contributed by atoms with Gasteiger partial charge in [-0.2, -0.15) is 0 Å². The standard InChI is InChI=1S/C19H20ClN3O4/c1-12(24)21-9-10-22-18(25)13-3-6-15(7-4-13)23-19(26)16-11-14(20)5-8-17(16)27-2/h3-8,11H,9-10H2,1-2H3,(H,21,24)(H,22,25)(H,23,26). The Morgan fingerprint density at radius 1 is 0.963 bits per heavy atom. The number of nitrogens with one attached hydrogen (secondary N) is 3. The number of hydrogen-bond acceptors (Lipinski definition) is 4. The fraction of sp³-hybridized carbons (Fsp3) is 0.211. The second kappa shape index (κ2) is 9.59. The van der Waals surface area contributed by atoms with Gasteiger partial charge in [-0.25, -0.2) is 0 Å². The van der Waals surface area contributed by atoms with Crippen LogP contribution in [0.5, 0.6) is 5.75 Å². The number of amides is 3. The first-order chi connectivity index (χ1) is 12.9. The predicted molar refractivity (Wildman–Crippen MR) is 103 cm³/mol. The van der Waals surface area contributed by atoms with Crippen LogP contribution in [0.3, 0.4) is 0 Å². The summed E-state index contributed by atoms with van der Waals surface area (Å²) in [6.45, 7) is 2.09. The van der Waals surface area contributed by atoms with Gasteiger partial charge in [0.15, 0.2) is 0 Å². The molecule has 0 saturated heterocycles. The number of carbonyl (C=O) groups excluding carboxylic acids is 3. The Morgan fingerprint density at radius 2 is 1.63 bits per heavy atom. The van der Waals surface area contributed by atoms with Crippen LogP contribution in [0.1, 0.15) is 27.6 Å². The van der Waals surface area contributed by atoms with Gasteiger partial charge in [-0.1, -0.05) is 11.6 Å². The third kappa shape index (κ3) is 6.00. The average molecular weight is 390 g/mol. The van der Waals surface area contributed by atoms with E-state index < -0.39 is 0 Å². The summed E-state index contributed by atoms with van der Waals surface area (Å²) < 4.78 is 5.17. The minimum atomic E-state index is -0.373. The summed E-state index contributed by atoms with van der Waals surface area (Å²) in [5.74, 6) is -0.385. The molecule has 0 heterocycles. The van der Waals surface area contributed by atoms with E-state index in [0.29, 0.717) is 40.7 Å². The molecule has 0 radical (unpaired) electrons. The molecular formula is C19H20ClN3O4. The molecule has 0 aliphatic heterocycles. The van der Waals surface area contributed by atoms with Crippen LogP contribution in [0, 0.1) is 0 Å². The summed E-state index contributed by atoms with van der Waals surface area (Å²) in [6.07, 6.45) is 0. The molecule has 0 aliphatic carbocycles. The Bertz CT molecular complexity index is 837. The van der Waals surface area contributed by atoms with Crippen LogP contribution < -0.4 is 20.7 Å². The highest BCUT2D eigenvalue weighted by Crippen LogP contribution is 2.23. The van der Waals surface area contributed by atoms with Crippen molar-refractivity contribution in [2.75, 3.05) is 25.5 Å². The predicted octanol–water partition coefficient (Wildman–Crippen LogP) is 2.47. The molecule has 0 bridgehead atoms. The molecule has 0 unspecified atom stereocenters. The van der Waals surface area contributed by atoms with E-state index in [-0.39, 0.29) is 17.7 Å². The highest BCUT2D eigenvalue weighted by atomic mass is 35.5.